The molecule has 3 aromatic heterocycles. The molecule has 0 spiro atoms. The number of likely N-dealkylation sites (tertiary alicyclic amines) is 1. The largest absolute Gasteiger partial charge is 0.455 e. The summed E-state index contributed by atoms with van der Waals surface area (Å²) in [5.41, 5.74) is 4.08. The maximum atomic E-state index is 12.9. The predicted molar refractivity (Wildman–Crippen MR) is 136 cm³/mol. The molecule has 3 N–H and O–H groups in total. The molecule has 10 heteroatoms. The van der Waals surface area contributed by atoms with Crippen molar-refractivity contribution in [3.05, 3.63) is 53.6 Å². The molecule has 0 bridgehead atoms. The molecule has 1 aromatic carbocycles. The van der Waals surface area contributed by atoms with Gasteiger partial charge in [0.2, 0.25) is 0 Å². The molecule has 188 valence electrons. The second-order valence-electron chi connectivity index (χ2n) is 9.53. The van der Waals surface area contributed by atoms with Gasteiger partial charge >= 0.3 is 0 Å². The van der Waals surface area contributed by atoms with Gasteiger partial charge < -0.3 is 19.5 Å². The second-order valence-corrected chi connectivity index (χ2v) is 9.53. The number of hydrogen-bond acceptors (Lipinski definition) is 7. The Morgan fingerprint density at radius 1 is 1.00 bits per heavy atom. The average molecular weight is 490 g/mol. The predicted octanol–water partition coefficient (Wildman–Crippen LogP) is 3.62. The van der Waals surface area contributed by atoms with Crippen molar-refractivity contribution in [1.82, 2.24) is 30.0 Å². The highest BCUT2D eigenvalue weighted by atomic mass is 16.5. The maximum Gasteiger partial charge on any atom is 0.291 e. The molecule has 0 unspecified atom stereocenters. The molecule has 2 saturated heterocycles. The first-order valence-corrected chi connectivity index (χ1v) is 12.7. The summed E-state index contributed by atoms with van der Waals surface area (Å²) in [5.74, 6) is 1.37. The van der Waals surface area contributed by atoms with Gasteiger partial charge in [-0.15, -0.1) is 0 Å². The Morgan fingerprint density at radius 3 is 2.69 bits per heavy atom. The molecule has 6 rings (SSSR count). The van der Waals surface area contributed by atoms with E-state index in [1.54, 1.807) is 12.3 Å². The fraction of sp³-hybridized carbons (Fsp3) is 0.423. The molecule has 0 radical (unpaired) electrons. The zero-order valence-electron chi connectivity index (χ0n) is 20.3. The van der Waals surface area contributed by atoms with Crippen LogP contribution in [0.2, 0.25) is 0 Å². The molecule has 1 amide bonds. The minimum absolute atomic E-state index is 0.284. The molecule has 0 aliphatic carbocycles. The van der Waals surface area contributed by atoms with Crippen LogP contribution in [0.25, 0.3) is 22.6 Å². The summed E-state index contributed by atoms with van der Waals surface area (Å²) in [7, 11) is 0. The minimum Gasteiger partial charge on any atom is -0.455 e. The quantitative estimate of drug-likeness (QED) is 0.363. The van der Waals surface area contributed by atoms with E-state index in [-0.39, 0.29) is 11.7 Å². The van der Waals surface area contributed by atoms with Crippen molar-refractivity contribution in [2.24, 2.45) is 0 Å². The second kappa shape index (κ2) is 10.3. The van der Waals surface area contributed by atoms with Gasteiger partial charge in [0, 0.05) is 25.8 Å². The number of rotatable bonds is 7. The Kier molecular flexibility index (Phi) is 6.54. The number of aromatic amines is 2. The van der Waals surface area contributed by atoms with Gasteiger partial charge in [-0.1, -0.05) is 12.5 Å². The first-order chi connectivity index (χ1) is 17.7. The Balaban J connectivity index is 1.14. The topological polar surface area (TPSA) is 115 Å². The summed E-state index contributed by atoms with van der Waals surface area (Å²) < 4.78 is 11.3. The Labute approximate surface area is 209 Å². The number of piperidine rings is 1. The first kappa shape index (κ1) is 23.0. The van der Waals surface area contributed by atoms with Crippen LogP contribution in [0.5, 0.6) is 0 Å². The van der Waals surface area contributed by atoms with E-state index in [0.717, 1.165) is 69.3 Å². The molecule has 0 saturated carbocycles. The Bertz CT molecular complexity index is 1330. The monoisotopic (exact) mass is 489 g/mol. The van der Waals surface area contributed by atoms with Gasteiger partial charge in [-0.2, -0.15) is 5.10 Å². The van der Waals surface area contributed by atoms with E-state index in [0.29, 0.717) is 17.2 Å². The highest BCUT2D eigenvalue weighted by Crippen LogP contribution is 2.27. The van der Waals surface area contributed by atoms with Crippen molar-refractivity contribution in [2.45, 2.75) is 32.4 Å². The van der Waals surface area contributed by atoms with Crippen LogP contribution in [0.15, 0.2) is 40.9 Å². The zero-order valence-corrected chi connectivity index (χ0v) is 20.3. The lowest BCUT2D eigenvalue weighted by Crippen LogP contribution is -2.35. The Morgan fingerprint density at radius 2 is 1.83 bits per heavy atom. The van der Waals surface area contributed by atoms with Crippen molar-refractivity contribution in [1.29, 1.82) is 0 Å². The summed E-state index contributed by atoms with van der Waals surface area (Å²) in [5, 5.41) is 10.1. The number of fused-ring (bicyclic) bond motifs is 1. The zero-order chi connectivity index (χ0) is 24.3. The summed E-state index contributed by atoms with van der Waals surface area (Å²) in [4.78, 5) is 25.7. The molecular weight excluding hydrogens is 458 g/mol. The maximum absolute atomic E-state index is 12.9. The SMILES string of the molecule is O=C(Nc1c[nH]nc1-c1nc2cc(CN3CCOCC3)ccc2[nH]1)c1ccc(CN2CCCCC2)o1. The van der Waals surface area contributed by atoms with Gasteiger partial charge in [0.25, 0.3) is 5.91 Å². The molecule has 2 aliphatic heterocycles. The number of H-pyrrole nitrogens is 2. The van der Waals surface area contributed by atoms with Crippen LogP contribution < -0.4 is 5.32 Å². The number of hydrogen-bond donors (Lipinski definition) is 3. The molecule has 36 heavy (non-hydrogen) atoms. The molecular formula is C26H31N7O3. The van der Waals surface area contributed by atoms with Gasteiger partial charge in [-0.05, 0) is 55.8 Å². The minimum atomic E-state index is -0.313. The van der Waals surface area contributed by atoms with Gasteiger partial charge in [-0.25, -0.2) is 4.98 Å². The lowest BCUT2D eigenvalue weighted by molar-refractivity contribution is 0.0342. The highest BCUT2D eigenvalue weighted by Gasteiger charge is 2.19. The van der Waals surface area contributed by atoms with E-state index in [4.69, 9.17) is 14.1 Å². The fourth-order valence-corrected chi connectivity index (χ4v) is 4.95. The number of aromatic nitrogens is 4. The van der Waals surface area contributed by atoms with E-state index in [1.165, 1.54) is 24.8 Å². The normalized spacial score (nSPS) is 17.6. The number of nitrogens with zero attached hydrogens (tertiary/aromatic N) is 4. The van der Waals surface area contributed by atoms with Crippen molar-refractivity contribution >= 4 is 22.6 Å². The van der Waals surface area contributed by atoms with Crippen molar-refractivity contribution in [3.8, 4) is 11.5 Å². The number of furan rings is 1. The molecule has 10 nitrogen and oxygen atoms in total. The number of ether oxygens (including phenoxy) is 1. The van der Waals surface area contributed by atoms with Crippen LogP contribution in [0.3, 0.4) is 0 Å². The highest BCUT2D eigenvalue weighted by molar-refractivity contribution is 6.04. The van der Waals surface area contributed by atoms with Crippen LogP contribution in [-0.2, 0) is 17.8 Å². The van der Waals surface area contributed by atoms with Gasteiger partial charge in [0.05, 0.1) is 36.5 Å². The molecule has 4 aromatic rings. The lowest BCUT2D eigenvalue weighted by atomic mass is 10.1. The average Bonchev–Trinajstić information content (AvgIpc) is 3.65. The third-order valence-electron chi connectivity index (χ3n) is 6.88. The number of anilines is 1. The smallest absolute Gasteiger partial charge is 0.291 e. The summed E-state index contributed by atoms with van der Waals surface area (Å²) in [6, 6.07) is 9.87. The number of benzene rings is 1. The van der Waals surface area contributed by atoms with Gasteiger partial charge in [0.1, 0.15) is 5.76 Å². The summed E-state index contributed by atoms with van der Waals surface area (Å²) >= 11 is 0. The van der Waals surface area contributed by atoms with Crippen LogP contribution >= 0.6 is 0 Å². The van der Waals surface area contributed by atoms with Crippen molar-refractivity contribution < 1.29 is 13.9 Å². The van der Waals surface area contributed by atoms with E-state index in [9.17, 15) is 4.79 Å². The number of carbonyl (C=O) groups is 1. The van der Waals surface area contributed by atoms with Gasteiger partial charge in [0.15, 0.2) is 17.3 Å². The summed E-state index contributed by atoms with van der Waals surface area (Å²) in [6.07, 6.45) is 5.38. The molecule has 0 atom stereocenters. The molecule has 5 heterocycles. The van der Waals surface area contributed by atoms with E-state index >= 15 is 0 Å². The van der Waals surface area contributed by atoms with Crippen LogP contribution in [-0.4, -0.2) is 75.3 Å². The van der Waals surface area contributed by atoms with E-state index in [1.807, 2.05) is 12.1 Å². The first-order valence-electron chi connectivity index (χ1n) is 12.7. The van der Waals surface area contributed by atoms with E-state index < -0.39 is 0 Å². The van der Waals surface area contributed by atoms with Crippen LogP contribution in [0.1, 0.15) is 41.1 Å². The number of morpholine rings is 1. The molecule has 2 aliphatic rings. The summed E-state index contributed by atoms with van der Waals surface area (Å²) in [6.45, 7) is 7.19. The lowest BCUT2D eigenvalue weighted by Gasteiger charge is -2.26. The standard InChI is InChI=1S/C26H31N7O3/c34-26(23-7-5-19(36-23)17-32-8-2-1-3-9-32)30-22-15-27-31-24(22)25-28-20-6-4-18(14-21(20)29-25)16-33-10-12-35-13-11-33/h4-7,14-15H,1-3,8-13,16-17H2,(H,27,31)(H,28,29)(H,30,34). The number of imidazole rings is 1. The third-order valence-corrected chi connectivity index (χ3v) is 6.88. The number of amides is 1. The van der Waals surface area contributed by atoms with Gasteiger partial charge in [-0.3, -0.25) is 19.7 Å². The number of nitrogens with one attached hydrogen (secondary N) is 3. The molecule has 2 fully saturated rings. The van der Waals surface area contributed by atoms with Crippen LogP contribution in [0, 0.1) is 0 Å². The fourth-order valence-electron chi connectivity index (χ4n) is 4.95. The third kappa shape index (κ3) is 5.06. The van der Waals surface area contributed by atoms with Crippen molar-refractivity contribution in [3.63, 3.8) is 0 Å². The van der Waals surface area contributed by atoms with E-state index in [2.05, 4.69) is 42.4 Å². The number of carbonyl (C=O) groups excluding carboxylic acids is 1. The van der Waals surface area contributed by atoms with Crippen molar-refractivity contribution in [2.75, 3.05) is 44.7 Å². The Hall–Kier alpha value is -3.47. The van der Waals surface area contributed by atoms with Crippen LogP contribution in [0.4, 0.5) is 5.69 Å².